The maximum Gasteiger partial charge on any atom is 0.203 e. The standard InChI is InChI=1S/C14H27N3O/c1-5-13(12(3)4)17-10-9-16-14(17)15-8-7-11-18-6-2/h9-10,12-13H,5-8,11H2,1-4H3,(H,15,16). The summed E-state index contributed by atoms with van der Waals surface area (Å²) in [4.78, 5) is 4.40. The van der Waals surface area contributed by atoms with Crippen molar-refractivity contribution in [3.63, 3.8) is 0 Å². The van der Waals surface area contributed by atoms with Crippen LogP contribution in [0.2, 0.25) is 0 Å². The van der Waals surface area contributed by atoms with E-state index < -0.39 is 0 Å². The predicted molar refractivity (Wildman–Crippen MR) is 76.0 cm³/mol. The first-order chi connectivity index (χ1) is 8.70. The van der Waals surface area contributed by atoms with E-state index >= 15 is 0 Å². The molecule has 0 amide bonds. The lowest BCUT2D eigenvalue weighted by atomic mass is 10.0. The molecule has 1 atom stereocenters. The van der Waals surface area contributed by atoms with Gasteiger partial charge < -0.3 is 14.6 Å². The van der Waals surface area contributed by atoms with E-state index in [9.17, 15) is 0 Å². The van der Waals surface area contributed by atoms with Crippen LogP contribution >= 0.6 is 0 Å². The third kappa shape index (κ3) is 4.33. The topological polar surface area (TPSA) is 39.1 Å². The van der Waals surface area contributed by atoms with Gasteiger partial charge in [-0.15, -0.1) is 0 Å². The largest absolute Gasteiger partial charge is 0.382 e. The van der Waals surface area contributed by atoms with Crippen LogP contribution in [0.25, 0.3) is 0 Å². The van der Waals surface area contributed by atoms with E-state index in [1.165, 1.54) is 0 Å². The SMILES string of the molecule is CCOCCCNc1nccn1C(CC)C(C)C. The molecule has 18 heavy (non-hydrogen) atoms. The van der Waals surface area contributed by atoms with Crippen molar-refractivity contribution in [2.75, 3.05) is 25.1 Å². The summed E-state index contributed by atoms with van der Waals surface area (Å²) >= 11 is 0. The molecule has 0 aliphatic carbocycles. The second-order valence-corrected chi connectivity index (χ2v) is 4.85. The van der Waals surface area contributed by atoms with Crippen molar-refractivity contribution in [2.45, 2.75) is 46.6 Å². The zero-order chi connectivity index (χ0) is 13.4. The number of aromatic nitrogens is 2. The van der Waals surface area contributed by atoms with E-state index in [1.807, 2.05) is 13.1 Å². The van der Waals surface area contributed by atoms with Crippen molar-refractivity contribution < 1.29 is 4.74 Å². The Morgan fingerprint density at radius 3 is 2.78 bits per heavy atom. The third-order valence-electron chi connectivity index (χ3n) is 3.17. The van der Waals surface area contributed by atoms with Crippen LogP contribution in [0.1, 0.15) is 46.6 Å². The van der Waals surface area contributed by atoms with E-state index in [0.717, 1.165) is 38.5 Å². The van der Waals surface area contributed by atoms with Gasteiger partial charge in [0.2, 0.25) is 5.95 Å². The van der Waals surface area contributed by atoms with Crippen LogP contribution < -0.4 is 5.32 Å². The maximum absolute atomic E-state index is 5.32. The lowest BCUT2D eigenvalue weighted by molar-refractivity contribution is 0.147. The highest BCUT2D eigenvalue weighted by Crippen LogP contribution is 2.24. The van der Waals surface area contributed by atoms with Gasteiger partial charge >= 0.3 is 0 Å². The highest BCUT2D eigenvalue weighted by Gasteiger charge is 2.15. The highest BCUT2D eigenvalue weighted by molar-refractivity contribution is 5.26. The molecule has 1 heterocycles. The van der Waals surface area contributed by atoms with Crippen molar-refractivity contribution in [2.24, 2.45) is 5.92 Å². The molecule has 1 rings (SSSR count). The maximum atomic E-state index is 5.32. The number of nitrogens with one attached hydrogen (secondary N) is 1. The molecule has 0 fully saturated rings. The van der Waals surface area contributed by atoms with Gasteiger partial charge in [0.25, 0.3) is 0 Å². The second-order valence-electron chi connectivity index (χ2n) is 4.85. The fourth-order valence-electron chi connectivity index (χ4n) is 2.23. The van der Waals surface area contributed by atoms with Crippen molar-refractivity contribution in [1.82, 2.24) is 9.55 Å². The van der Waals surface area contributed by atoms with Crippen molar-refractivity contribution >= 4 is 5.95 Å². The summed E-state index contributed by atoms with van der Waals surface area (Å²) < 4.78 is 7.58. The molecule has 0 saturated carbocycles. The zero-order valence-corrected chi connectivity index (χ0v) is 12.1. The van der Waals surface area contributed by atoms with Gasteiger partial charge in [0.15, 0.2) is 0 Å². The Morgan fingerprint density at radius 1 is 1.39 bits per heavy atom. The van der Waals surface area contributed by atoms with Gasteiger partial charge in [-0.05, 0) is 25.7 Å². The van der Waals surface area contributed by atoms with Gasteiger partial charge in [0.1, 0.15) is 0 Å². The average molecular weight is 253 g/mol. The highest BCUT2D eigenvalue weighted by atomic mass is 16.5. The molecule has 1 aromatic rings. The molecule has 0 aliphatic heterocycles. The molecule has 1 N–H and O–H groups in total. The summed E-state index contributed by atoms with van der Waals surface area (Å²) in [7, 11) is 0. The fourth-order valence-corrected chi connectivity index (χ4v) is 2.23. The number of imidazole rings is 1. The number of hydrogen-bond acceptors (Lipinski definition) is 3. The Bertz CT molecular complexity index is 323. The van der Waals surface area contributed by atoms with Crippen molar-refractivity contribution in [3.05, 3.63) is 12.4 Å². The Morgan fingerprint density at radius 2 is 2.17 bits per heavy atom. The minimum Gasteiger partial charge on any atom is -0.382 e. The van der Waals surface area contributed by atoms with Crippen LogP contribution in [-0.4, -0.2) is 29.3 Å². The Balaban J connectivity index is 2.49. The molecule has 0 bridgehead atoms. The normalized spacial score (nSPS) is 12.9. The smallest absolute Gasteiger partial charge is 0.203 e. The average Bonchev–Trinajstić information content (AvgIpc) is 2.78. The lowest BCUT2D eigenvalue weighted by Crippen LogP contribution is -2.17. The van der Waals surface area contributed by atoms with Crippen LogP contribution in [0.15, 0.2) is 12.4 Å². The second kappa shape index (κ2) is 8.14. The summed E-state index contributed by atoms with van der Waals surface area (Å²) in [6.07, 6.45) is 6.08. The van der Waals surface area contributed by atoms with Gasteiger partial charge in [-0.25, -0.2) is 4.98 Å². The summed E-state index contributed by atoms with van der Waals surface area (Å²) in [5.41, 5.74) is 0. The molecule has 0 spiro atoms. The first-order valence-corrected chi connectivity index (χ1v) is 7.05. The minimum atomic E-state index is 0.516. The summed E-state index contributed by atoms with van der Waals surface area (Å²) in [5.74, 6) is 1.60. The van der Waals surface area contributed by atoms with Crippen molar-refractivity contribution in [1.29, 1.82) is 0 Å². The summed E-state index contributed by atoms with van der Waals surface area (Å²) in [6.45, 7) is 11.3. The molecule has 4 heteroatoms. The fraction of sp³-hybridized carbons (Fsp3) is 0.786. The number of anilines is 1. The van der Waals surface area contributed by atoms with E-state index in [-0.39, 0.29) is 0 Å². The molecule has 0 aliphatic rings. The molecule has 104 valence electrons. The van der Waals surface area contributed by atoms with E-state index in [0.29, 0.717) is 12.0 Å². The summed E-state index contributed by atoms with van der Waals surface area (Å²) in [6, 6.07) is 0.516. The van der Waals surface area contributed by atoms with Crippen molar-refractivity contribution in [3.8, 4) is 0 Å². The number of rotatable bonds is 9. The quantitative estimate of drug-likeness (QED) is 0.686. The molecule has 0 radical (unpaired) electrons. The molecular formula is C14H27N3O. The number of nitrogens with zero attached hydrogens (tertiary/aromatic N) is 2. The lowest BCUT2D eigenvalue weighted by Gasteiger charge is -2.23. The van der Waals surface area contributed by atoms with E-state index in [1.54, 1.807) is 0 Å². The van der Waals surface area contributed by atoms with E-state index in [2.05, 4.69) is 41.8 Å². The monoisotopic (exact) mass is 253 g/mol. The molecular weight excluding hydrogens is 226 g/mol. The van der Waals surface area contributed by atoms with Crippen LogP contribution in [0.3, 0.4) is 0 Å². The molecule has 4 nitrogen and oxygen atoms in total. The van der Waals surface area contributed by atoms with Crippen LogP contribution in [0.5, 0.6) is 0 Å². The summed E-state index contributed by atoms with van der Waals surface area (Å²) in [5, 5.41) is 3.39. The molecule has 0 aromatic carbocycles. The Hall–Kier alpha value is -1.03. The van der Waals surface area contributed by atoms with Gasteiger partial charge in [-0.2, -0.15) is 0 Å². The first kappa shape index (κ1) is 15.0. The molecule has 0 saturated heterocycles. The molecule has 1 unspecified atom stereocenters. The van der Waals surface area contributed by atoms with Gasteiger partial charge in [-0.3, -0.25) is 0 Å². The predicted octanol–water partition coefficient (Wildman–Crippen LogP) is 3.33. The number of ether oxygens (including phenoxy) is 1. The van der Waals surface area contributed by atoms with Gasteiger partial charge in [-0.1, -0.05) is 20.8 Å². The minimum absolute atomic E-state index is 0.516. The molecule has 1 aromatic heterocycles. The first-order valence-electron chi connectivity index (χ1n) is 7.05. The zero-order valence-electron chi connectivity index (χ0n) is 12.1. The van der Waals surface area contributed by atoms with Crippen LogP contribution in [-0.2, 0) is 4.74 Å². The third-order valence-corrected chi connectivity index (χ3v) is 3.17. The van der Waals surface area contributed by atoms with E-state index in [4.69, 9.17) is 4.74 Å². The Labute approximate surface area is 111 Å². The van der Waals surface area contributed by atoms with Gasteiger partial charge in [0.05, 0.1) is 0 Å². The van der Waals surface area contributed by atoms with Gasteiger partial charge in [0, 0.05) is 38.2 Å². The van der Waals surface area contributed by atoms with Crippen LogP contribution in [0, 0.1) is 5.92 Å². The van der Waals surface area contributed by atoms with Crippen LogP contribution in [0.4, 0.5) is 5.95 Å². The Kier molecular flexibility index (Phi) is 6.80. The number of hydrogen-bond donors (Lipinski definition) is 1.